The summed E-state index contributed by atoms with van der Waals surface area (Å²) >= 11 is 1.48. The maximum atomic E-state index is 12.9. The lowest BCUT2D eigenvalue weighted by molar-refractivity contribution is 0.0368. The van der Waals surface area contributed by atoms with Crippen LogP contribution in [0.2, 0.25) is 0 Å². The molecule has 1 atom stereocenters. The largest absolute Gasteiger partial charge is 0.462 e. The summed E-state index contributed by atoms with van der Waals surface area (Å²) in [6, 6.07) is 5.77. The molecule has 6 heteroatoms. The van der Waals surface area contributed by atoms with E-state index >= 15 is 0 Å². The molecule has 0 aliphatic heterocycles. The average molecular weight is 389 g/mol. The lowest BCUT2D eigenvalue weighted by atomic mass is 9.98. The second kappa shape index (κ2) is 7.60. The average Bonchev–Trinajstić information content (AvgIpc) is 3.04. The summed E-state index contributed by atoms with van der Waals surface area (Å²) in [5.74, 6) is -0.336. The summed E-state index contributed by atoms with van der Waals surface area (Å²) in [7, 11) is 3.88. The number of aromatic nitrogens is 1. The Bertz CT molecular complexity index is 836. The number of hydrogen-bond donors (Lipinski definition) is 1. The SMILES string of the molecule is CN(C)c1ccc(-c2nc3c(s2)C(O)CCC3)c(C(=O)OCC(C)(C)C)c1. The van der Waals surface area contributed by atoms with Crippen LogP contribution in [0.4, 0.5) is 5.69 Å². The second-order valence-corrected chi connectivity index (χ2v) is 9.53. The molecule has 1 heterocycles. The van der Waals surface area contributed by atoms with E-state index in [0.717, 1.165) is 46.1 Å². The first kappa shape index (κ1) is 19.8. The van der Waals surface area contributed by atoms with Crippen LogP contribution in [0.3, 0.4) is 0 Å². The Hall–Kier alpha value is -1.92. The normalized spacial score (nSPS) is 16.7. The third-order valence-corrected chi connectivity index (χ3v) is 5.76. The van der Waals surface area contributed by atoms with E-state index in [1.807, 2.05) is 58.0 Å². The molecule has 0 bridgehead atoms. The molecule has 0 spiro atoms. The maximum Gasteiger partial charge on any atom is 0.338 e. The minimum atomic E-state index is -0.447. The van der Waals surface area contributed by atoms with E-state index < -0.39 is 6.10 Å². The van der Waals surface area contributed by atoms with Crippen molar-refractivity contribution in [2.75, 3.05) is 25.6 Å². The zero-order valence-electron chi connectivity index (χ0n) is 16.7. The number of carbonyl (C=O) groups excluding carboxylic acids is 1. The van der Waals surface area contributed by atoms with Crippen molar-refractivity contribution in [3.05, 3.63) is 34.3 Å². The van der Waals surface area contributed by atoms with Crippen molar-refractivity contribution in [1.29, 1.82) is 0 Å². The van der Waals surface area contributed by atoms with E-state index in [-0.39, 0.29) is 11.4 Å². The standard InChI is InChI=1S/C21H28N2O3S/c1-21(2,3)12-26-20(25)15-11-13(23(4)5)9-10-14(15)19-22-16-7-6-8-17(24)18(16)27-19/h9-11,17,24H,6-8,12H2,1-5H3. The summed E-state index contributed by atoms with van der Waals surface area (Å²) < 4.78 is 5.58. The highest BCUT2D eigenvalue weighted by Gasteiger charge is 2.26. The summed E-state index contributed by atoms with van der Waals surface area (Å²) in [5, 5.41) is 11.0. The molecule has 1 aliphatic carbocycles. The maximum absolute atomic E-state index is 12.9. The van der Waals surface area contributed by atoms with Gasteiger partial charge in [0.15, 0.2) is 0 Å². The molecular formula is C21H28N2O3S. The van der Waals surface area contributed by atoms with Gasteiger partial charge in [-0.1, -0.05) is 20.8 Å². The first-order chi connectivity index (χ1) is 12.7. The third kappa shape index (κ3) is 4.50. The molecule has 146 valence electrons. The minimum absolute atomic E-state index is 0.0979. The molecule has 3 rings (SSSR count). The Balaban J connectivity index is 2.01. The molecule has 2 aromatic rings. The third-order valence-electron chi connectivity index (χ3n) is 4.53. The highest BCUT2D eigenvalue weighted by Crippen LogP contribution is 2.39. The summed E-state index contributed by atoms with van der Waals surface area (Å²) in [5.41, 5.74) is 3.08. The highest BCUT2D eigenvalue weighted by molar-refractivity contribution is 7.15. The van der Waals surface area contributed by atoms with Gasteiger partial charge in [0.25, 0.3) is 0 Å². The summed E-state index contributed by atoms with van der Waals surface area (Å²) in [6.45, 7) is 6.46. The summed E-state index contributed by atoms with van der Waals surface area (Å²) in [6.07, 6.45) is 2.14. The number of benzene rings is 1. The van der Waals surface area contributed by atoms with E-state index in [2.05, 4.69) is 0 Å². The first-order valence-corrected chi connectivity index (χ1v) is 10.1. The van der Waals surface area contributed by atoms with E-state index in [1.54, 1.807) is 0 Å². The van der Waals surface area contributed by atoms with Crippen LogP contribution in [0.1, 0.15) is 60.6 Å². The number of hydrogen-bond acceptors (Lipinski definition) is 6. The van der Waals surface area contributed by atoms with Crippen molar-refractivity contribution < 1.29 is 14.6 Å². The molecule has 0 amide bonds. The Morgan fingerprint density at radius 2 is 2.11 bits per heavy atom. The number of aryl methyl sites for hydroxylation is 1. The molecule has 1 aromatic heterocycles. The number of thiazole rings is 1. The van der Waals surface area contributed by atoms with Crippen molar-refractivity contribution in [2.45, 2.75) is 46.1 Å². The predicted octanol–water partition coefficient (Wildman–Crippen LogP) is 4.45. The van der Waals surface area contributed by atoms with Gasteiger partial charge in [0, 0.05) is 25.3 Å². The van der Waals surface area contributed by atoms with Crippen LogP contribution in [-0.2, 0) is 11.2 Å². The molecule has 1 aliphatic rings. The molecule has 27 heavy (non-hydrogen) atoms. The number of ether oxygens (including phenoxy) is 1. The van der Waals surface area contributed by atoms with Gasteiger partial charge in [0.2, 0.25) is 0 Å². The highest BCUT2D eigenvalue weighted by atomic mass is 32.1. The number of esters is 1. The van der Waals surface area contributed by atoms with Gasteiger partial charge in [-0.05, 0) is 42.9 Å². The number of carbonyl (C=O) groups is 1. The number of fused-ring (bicyclic) bond motifs is 1. The fourth-order valence-electron chi connectivity index (χ4n) is 3.04. The monoisotopic (exact) mass is 388 g/mol. The zero-order valence-corrected chi connectivity index (χ0v) is 17.5. The van der Waals surface area contributed by atoms with Gasteiger partial charge in [-0.15, -0.1) is 11.3 Å². The molecular weight excluding hydrogens is 360 g/mol. The predicted molar refractivity (Wildman–Crippen MR) is 110 cm³/mol. The lowest BCUT2D eigenvalue weighted by Crippen LogP contribution is -2.19. The molecule has 0 saturated carbocycles. The quantitative estimate of drug-likeness (QED) is 0.784. The first-order valence-electron chi connectivity index (χ1n) is 9.32. The van der Waals surface area contributed by atoms with Gasteiger partial charge < -0.3 is 14.7 Å². The number of aliphatic hydroxyl groups excluding tert-OH is 1. The zero-order chi connectivity index (χ0) is 19.8. The molecule has 0 radical (unpaired) electrons. The lowest BCUT2D eigenvalue weighted by Gasteiger charge is -2.19. The minimum Gasteiger partial charge on any atom is -0.462 e. The number of anilines is 1. The van der Waals surface area contributed by atoms with Crippen LogP contribution >= 0.6 is 11.3 Å². The van der Waals surface area contributed by atoms with Gasteiger partial charge in [0.05, 0.1) is 28.8 Å². The van der Waals surface area contributed by atoms with Crippen LogP contribution < -0.4 is 4.90 Å². The van der Waals surface area contributed by atoms with Crippen molar-refractivity contribution in [2.24, 2.45) is 5.41 Å². The van der Waals surface area contributed by atoms with Crippen molar-refractivity contribution in [3.8, 4) is 10.6 Å². The topological polar surface area (TPSA) is 62.7 Å². The van der Waals surface area contributed by atoms with Gasteiger partial charge in [-0.25, -0.2) is 9.78 Å². The van der Waals surface area contributed by atoms with Crippen molar-refractivity contribution >= 4 is 23.0 Å². The van der Waals surface area contributed by atoms with E-state index in [9.17, 15) is 9.90 Å². The van der Waals surface area contributed by atoms with Crippen LogP contribution in [0.25, 0.3) is 10.6 Å². The number of rotatable bonds is 4. The fraction of sp³-hybridized carbons (Fsp3) is 0.524. The van der Waals surface area contributed by atoms with E-state index in [0.29, 0.717) is 12.2 Å². The van der Waals surface area contributed by atoms with Gasteiger partial charge in [0.1, 0.15) is 5.01 Å². The van der Waals surface area contributed by atoms with Crippen molar-refractivity contribution in [1.82, 2.24) is 4.98 Å². The Morgan fingerprint density at radius 3 is 2.74 bits per heavy atom. The van der Waals surface area contributed by atoms with Gasteiger partial charge in [-0.3, -0.25) is 0 Å². The molecule has 0 saturated heterocycles. The van der Waals surface area contributed by atoms with Crippen LogP contribution in [0, 0.1) is 5.41 Å². The van der Waals surface area contributed by atoms with Crippen LogP contribution in [-0.4, -0.2) is 36.8 Å². The van der Waals surface area contributed by atoms with Crippen molar-refractivity contribution in [3.63, 3.8) is 0 Å². The van der Waals surface area contributed by atoms with Gasteiger partial charge in [-0.2, -0.15) is 0 Å². The van der Waals surface area contributed by atoms with Crippen LogP contribution in [0.15, 0.2) is 18.2 Å². The molecule has 1 unspecified atom stereocenters. The van der Waals surface area contributed by atoms with E-state index in [4.69, 9.17) is 9.72 Å². The Kier molecular flexibility index (Phi) is 5.58. The number of nitrogens with zero attached hydrogens (tertiary/aromatic N) is 2. The Morgan fingerprint density at radius 1 is 1.37 bits per heavy atom. The second-order valence-electron chi connectivity index (χ2n) is 8.50. The molecule has 1 aromatic carbocycles. The molecule has 0 fully saturated rings. The van der Waals surface area contributed by atoms with Gasteiger partial charge >= 0.3 is 5.97 Å². The smallest absolute Gasteiger partial charge is 0.338 e. The fourth-order valence-corrected chi connectivity index (χ4v) is 4.21. The van der Waals surface area contributed by atoms with Crippen LogP contribution in [0.5, 0.6) is 0 Å². The molecule has 1 N–H and O–H groups in total. The molecule has 5 nitrogen and oxygen atoms in total. The summed E-state index contributed by atoms with van der Waals surface area (Å²) in [4.78, 5) is 20.5. The number of aliphatic hydroxyl groups is 1. The Labute approximate surface area is 165 Å². The van der Waals surface area contributed by atoms with E-state index in [1.165, 1.54) is 11.3 Å².